The van der Waals surface area contributed by atoms with E-state index in [0.717, 1.165) is 23.3 Å². The molecule has 1 heterocycles. The van der Waals surface area contributed by atoms with Crippen molar-refractivity contribution in [1.82, 2.24) is 5.32 Å². The molecule has 25 heavy (non-hydrogen) atoms. The maximum absolute atomic E-state index is 12.5. The fourth-order valence-electron chi connectivity index (χ4n) is 2.04. The van der Waals surface area contributed by atoms with E-state index in [9.17, 15) is 19.2 Å². The first kappa shape index (κ1) is 20.6. The Kier molecular flexibility index (Phi) is 7.10. The zero-order chi connectivity index (χ0) is 19.2. The van der Waals surface area contributed by atoms with Crippen molar-refractivity contribution < 1.29 is 33.8 Å². The Bertz CT molecular complexity index is 665. The minimum absolute atomic E-state index is 0.185. The van der Waals surface area contributed by atoms with Gasteiger partial charge in [-0.3, -0.25) is 9.59 Å². The molecule has 0 aliphatic rings. The van der Waals surface area contributed by atoms with Gasteiger partial charge in [-0.2, -0.15) is 0 Å². The molecule has 1 aromatic heterocycles. The average Bonchev–Trinajstić information content (AvgIpc) is 3.01. The van der Waals surface area contributed by atoms with Crippen molar-refractivity contribution in [2.75, 3.05) is 14.2 Å². The number of carbonyl (C=O) groups excluding carboxylic acids is 3. The van der Waals surface area contributed by atoms with E-state index in [-0.39, 0.29) is 17.7 Å². The lowest BCUT2D eigenvalue weighted by molar-refractivity contribution is -0.151. The molecule has 0 aliphatic heterocycles. The zero-order valence-electron chi connectivity index (χ0n) is 14.5. The van der Waals surface area contributed by atoms with Gasteiger partial charge in [0, 0.05) is 10.3 Å². The molecule has 0 bridgehead atoms. The van der Waals surface area contributed by atoms with Crippen LogP contribution in [0.25, 0.3) is 0 Å². The van der Waals surface area contributed by atoms with E-state index >= 15 is 0 Å². The summed E-state index contributed by atoms with van der Waals surface area (Å²) in [4.78, 5) is 47.5. The molecule has 0 fully saturated rings. The second kappa shape index (κ2) is 8.61. The lowest BCUT2D eigenvalue weighted by atomic mass is 9.87. The van der Waals surface area contributed by atoms with Crippen LogP contribution in [0.3, 0.4) is 0 Å². The van der Waals surface area contributed by atoms with Crippen molar-refractivity contribution in [1.29, 1.82) is 0 Å². The summed E-state index contributed by atoms with van der Waals surface area (Å²) < 4.78 is 9.11. The largest absolute Gasteiger partial charge is 0.477 e. The number of methoxy groups -OCH3 is 2. The number of thiophene rings is 1. The first-order valence-electron chi connectivity index (χ1n) is 7.38. The molecule has 0 aromatic carbocycles. The first-order chi connectivity index (χ1) is 11.6. The summed E-state index contributed by atoms with van der Waals surface area (Å²) in [7, 11) is 2.34. The van der Waals surface area contributed by atoms with E-state index in [0.29, 0.717) is 0 Å². The summed E-state index contributed by atoms with van der Waals surface area (Å²) in [6, 6.07) is 1.97. The molecule has 8 nitrogen and oxygen atoms in total. The second-order valence-corrected chi connectivity index (χ2v) is 7.13. The third-order valence-corrected chi connectivity index (χ3v) is 4.57. The average molecular weight is 371 g/mol. The van der Waals surface area contributed by atoms with Crippen LogP contribution in [0.15, 0.2) is 12.1 Å². The van der Waals surface area contributed by atoms with E-state index in [4.69, 9.17) is 5.11 Å². The maximum Gasteiger partial charge on any atom is 0.345 e. The Morgan fingerprint density at radius 1 is 1.20 bits per heavy atom. The minimum atomic E-state index is -1.15. The summed E-state index contributed by atoms with van der Waals surface area (Å²) >= 11 is 1.08. The Balaban J connectivity index is 2.83. The molecule has 0 aliphatic carbocycles. The van der Waals surface area contributed by atoms with Gasteiger partial charge < -0.3 is 19.9 Å². The van der Waals surface area contributed by atoms with Gasteiger partial charge >= 0.3 is 17.9 Å². The molecule has 1 rings (SSSR count). The van der Waals surface area contributed by atoms with Gasteiger partial charge in [0.1, 0.15) is 10.9 Å². The Labute approximate surface area is 149 Å². The van der Waals surface area contributed by atoms with Crippen LogP contribution in [0.2, 0.25) is 0 Å². The number of rotatable bonds is 8. The van der Waals surface area contributed by atoms with Crippen LogP contribution in [0.5, 0.6) is 0 Å². The maximum atomic E-state index is 12.5. The quantitative estimate of drug-likeness (QED) is 0.660. The Morgan fingerprint density at radius 2 is 1.84 bits per heavy atom. The highest BCUT2D eigenvalue weighted by molar-refractivity contribution is 7.13. The van der Waals surface area contributed by atoms with E-state index in [1.54, 1.807) is 19.9 Å². The highest BCUT2D eigenvalue weighted by atomic mass is 32.1. The Hall–Kier alpha value is -2.42. The standard InChI is InChI=1S/C16H21NO7S/c1-16(2,8-9-5-6-11(25-9)13(19)20)15(22)17-10(14(21)24-4)7-12(18)23-3/h5-6,10H,7-8H2,1-4H3,(H,17,22)(H,19,20)/t10-/m0/s1. The zero-order valence-corrected chi connectivity index (χ0v) is 15.3. The minimum Gasteiger partial charge on any atom is -0.477 e. The molecule has 9 heteroatoms. The van der Waals surface area contributed by atoms with Gasteiger partial charge in [-0.05, 0) is 18.6 Å². The number of carboxylic acids is 1. The molecule has 0 saturated carbocycles. The molecule has 138 valence electrons. The van der Waals surface area contributed by atoms with Crippen LogP contribution < -0.4 is 5.32 Å². The fourth-order valence-corrected chi connectivity index (χ4v) is 3.12. The summed E-state index contributed by atoms with van der Waals surface area (Å²) in [5, 5.41) is 11.5. The molecule has 0 radical (unpaired) electrons. The molecule has 1 aromatic rings. The van der Waals surface area contributed by atoms with Gasteiger partial charge in [-0.15, -0.1) is 11.3 Å². The molecular formula is C16H21NO7S. The van der Waals surface area contributed by atoms with Gasteiger partial charge in [0.05, 0.1) is 20.6 Å². The third kappa shape index (κ3) is 5.86. The van der Waals surface area contributed by atoms with E-state index < -0.39 is 35.3 Å². The van der Waals surface area contributed by atoms with Crippen molar-refractivity contribution in [2.24, 2.45) is 5.41 Å². The highest BCUT2D eigenvalue weighted by Gasteiger charge is 2.33. The van der Waals surface area contributed by atoms with Gasteiger partial charge in [0.2, 0.25) is 5.91 Å². The molecule has 1 atom stereocenters. The number of carbonyl (C=O) groups is 4. The number of hydrogen-bond acceptors (Lipinski definition) is 7. The van der Waals surface area contributed by atoms with Crippen molar-refractivity contribution in [2.45, 2.75) is 32.7 Å². The van der Waals surface area contributed by atoms with Gasteiger partial charge in [-0.25, -0.2) is 9.59 Å². The Morgan fingerprint density at radius 3 is 2.32 bits per heavy atom. The van der Waals surface area contributed by atoms with Gasteiger partial charge in [0.25, 0.3) is 0 Å². The van der Waals surface area contributed by atoms with Crippen molar-refractivity contribution in [3.63, 3.8) is 0 Å². The van der Waals surface area contributed by atoms with E-state index in [1.807, 2.05) is 0 Å². The van der Waals surface area contributed by atoms with Crippen LogP contribution in [0, 0.1) is 5.41 Å². The van der Waals surface area contributed by atoms with Gasteiger partial charge in [0.15, 0.2) is 0 Å². The summed E-state index contributed by atoms with van der Waals surface area (Å²) in [6.07, 6.45) is -0.0595. The molecule has 0 saturated heterocycles. The number of ether oxygens (including phenoxy) is 2. The van der Waals surface area contributed by atoms with Crippen LogP contribution in [-0.2, 0) is 30.3 Å². The normalized spacial score (nSPS) is 12.2. The van der Waals surface area contributed by atoms with E-state index in [1.165, 1.54) is 13.2 Å². The van der Waals surface area contributed by atoms with Crippen LogP contribution >= 0.6 is 11.3 Å². The molecule has 0 spiro atoms. The number of amides is 1. The topological polar surface area (TPSA) is 119 Å². The lowest BCUT2D eigenvalue weighted by Crippen LogP contribution is -2.48. The molecule has 0 unspecified atom stereocenters. The number of carboxylic acid groups (broad SMARTS) is 1. The van der Waals surface area contributed by atoms with E-state index in [2.05, 4.69) is 14.8 Å². The predicted octanol–water partition coefficient (Wildman–Crippen LogP) is 1.24. The SMILES string of the molecule is COC(=O)C[C@H](NC(=O)C(C)(C)Cc1ccc(C(=O)O)s1)C(=O)OC. The lowest BCUT2D eigenvalue weighted by Gasteiger charge is -2.25. The van der Waals surface area contributed by atoms with Crippen molar-refractivity contribution >= 4 is 35.2 Å². The van der Waals surface area contributed by atoms with Crippen LogP contribution in [0.1, 0.15) is 34.8 Å². The van der Waals surface area contributed by atoms with Crippen molar-refractivity contribution in [3.05, 3.63) is 21.9 Å². The summed E-state index contributed by atoms with van der Waals surface area (Å²) in [6.45, 7) is 3.32. The number of nitrogens with one attached hydrogen (secondary N) is 1. The molecule has 1 amide bonds. The molecular weight excluding hydrogens is 350 g/mol. The van der Waals surface area contributed by atoms with Crippen molar-refractivity contribution in [3.8, 4) is 0 Å². The highest BCUT2D eigenvalue weighted by Crippen LogP contribution is 2.27. The number of esters is 2. The third-order valence-electron chi connectivity index (χ3n) is 3.49. The van der Waals surface area contributed by atoms with Gasteiger partial charge in [-0.1, -0.05) is 13.8 Å². The fraction of sp³-hybridized carbons (Fsp3) is 0.500. The second-order valence-electron chi connectivity index (χ2n) is 5.96. The predicted molar refractivity (Wildman–Crippen MR) is 89.3 cm³/mol. The number of aromatic carboxylic acids is 1. The monoisotopic (exact) mass is 371 g/mol. The summed E-state index contributed by atoms with van der Waals surface area (Å²) in [5.74, 6) is -2.89. The summed E-state index contributed by atoms with van der Waals surface area (Å²) in [5.41, 5.74) is -0.928. The number of hydrogen-bond donors (Lipinski definition) is 2. The van der Waals surface area contributed by atoms with Crippen LogP contribution in [-0.4, -0.2) is 49.2 Å². The molecule has 2 N–H and O–H groups in total. The smallest absolute Gasteiger partial charge is 0.345 e. The first-order valence-corrected chi connectivity index (χ1v) is 8.20. The van der Waals surface area contributed by atoms with Crippen LogP contribution in [0.4, 0.5) is 0 Å².